The van der Waals surface area contributed by atoms with Crippen molar-refractivity contribution in [3.05, 3.63) is 23.0 Å². The maximum atomic E-state index is 5.91. The topological polar surface area (TPSA) is 45.4 Å². The summed E-state index contributed by atoms with van der Waals surface area (Å²) in [7, 11) is 4.33. The van der Waals surface area contributed by atoms with Crippen LogP contribution in [0, 0.1) is 19.8 Å². The van der Waals surface area contributed by atoms with Crippen molar-refractivity contribution in [1.82, 2.24) is 9.88 Å². The monoisotopic (exact) mass is 306 g/mol. The van der Waals surface area contributed by atoms with Crippen molar-refractivity contribution < 1.29 is 0 Å². The molecule has 0 spiro atoms. The Morgan fingerprint density at radius 2 is 2.05 bits per heavy atom. The van der Waals surface area contributed by atoms with Crippen molar-refractivity contribution in [3.63, 3.8) is 0 Å². The van der Waals surface area contributed by atoms with Crippen LogP contribution in [0.3, 0.4) is 0 Å². The summed E-state index contributed by atoms with van der Waals surface area (Å²) in [6.07, 6.45) is 2.51. The number of nitrogens with two attached hydrogens (primary N) is 1. The van der Waals surface area contributed by atoms with Crippen LogP contribution in [0.5, 0.6) is 0 Å². The Morgan fingerprint density at radius 1 is 1.43 bits per heavy atom. The largest absolute Gasteiger partial charge is 0.389 e. The molecule has 1 aromatic heterocycles. The predicted octanol–water partition coefficient (Wildman–Crippen LogP) is 2.11. The van der Waals surface area contributed by atoms with Gasteiger partial charge in [0.25, 0.3) is 0 Å². The Hall–Kier alpha value is -1.20. The van der Waals surface area contributed by atoms with Crippen LogP contribution in [0.4, 0.5) is 5.69 Å². The van der Waals surface area contributed by atoms with Crippen LogP contribution in [-0.4, -0.2) is 48.6 Å². The summed E-state index contributed by atoms with van der Waals surface area (Å²) in [5, 5.41) is 0. The van der Waals surface area contributed by atoms with Crippen molar-refractivity contribution in [2.24, 2.45) is 11.7 Å². The summed E-state index contributed by atoms with van der Waals surface area (Å²) in [6.45, 7) is 7.42. The number of pyridine rings is 1. The van der Waals surface area contributed by atoms with Crippen LogP contribution in [0.15, 0.2) is 6.07 Å². The zero-order valence-corrected chi connectivity index (χ0v) is 14.3. The van der Waals surface area contributed by atoms with E-state index in [1.54, 1.807) is 0 Å². The van der Waals surface area contributed by atoms with Gasteiger partial charge in [-0.1, -0.05) is 12.2 Å². The van der Waals surface area contributed by atoms with Gasteiger partial charge in [0.1, 0.15) is 4.99 Å². The van der Waals surface area contributed by atoms with E-state index in [4.69, 9.17) is 18.0 Å². The molecule has 0 saturated carbocycles. The second-order valence-corrected chi connectivity index (χ2v) is 6.67. The standard InChI is InChI=1S/C16H26N4S/c1-11-9-14(15(16(17)21)12(2)18-11)20(4)10-13-5-7-19(3)8-6-13/h9,13H,5-8,10H2,1-4H3,(H2,17,21). The molecule has 1 saturated heterocycles. The van der Waals surface area contributed by atoms with Crippen molar-refractivity contribution in [2.45, 2.75) is 26.7 Å². The molecule has 0 radical (unpaired) electrons. The molecule has 0 bridgehead atoms. The molecule has 116 valence electrons. The fraction of sp³-hybridized carbons (Fsp3) is 0.625. The van der Waals surface area contributed by atoms with E-state index in [0.717, 1.165) is 35.1 Å². The quantitative estimate of drug-likeness (QED) is 0.863. The minimum Gasteiger partial charge on any atom is -0.389 e. The first-order chi connectivity index (χ1) is 9.88. The molecule has 2 N–H and O–H groups in total. The highest BCUT2D eigenvalue weighted by molar-refractivity contribution is 7.80. The lowest BCUT2D eigenvalue weighted by molar-refractivity contribution is 0.222. The molecule has 0 aliphatic carbocycles. The number of aromatic nitrogens is 1. The van der Waals surface area contributed by atoms with E-state index in [9.17, 15) is 0 Å². The van der Waals surface area contributed by atoms with Crippen LogP contribution < -0.4 is 10.6 Å². The van der Waals surface area contributed by atoms with E-state index >= 15 is 0 Å². The zero-order valence-electron chi connectivity index (χ0n) is 13.5. The fourth-order valence-corrected chi connectivity index (χ4v) is 3.40. The highest BCUT2D eigenvalue weighted by Gasteiger charge is 2.21. The third-order valence-electron chi connectivity index (χ3n) is 4.34. The van der Waals surface area contributed by atoms with Crippen molar-refractivity contribution in [2.75, 3.05) is 38.6 Å². The molecule has 0 unspecified atom stereocenters. The molecule has 0 aromatic carbocycles. The van der Waals surface area contributed by atoms with Gasteiger partial charge in [-0.2, -0.15) is 0 Å². The number of anilines is 1. The van der Waals surface area contributed by atoms with Gasteiger partial charge in [0.05, 0.1) is 11.3 Å². The first-order valence-electron chi connectivity index (χ1n) is 7.56. The molecule has 2 heterocycles. The van der Waals surface area contributed by atoms with E-state index < -0.39 is 0 Å². The Morgan fingerprint density at radius 3 is 2.62 bits per heavy atom. The van der Waals surface area contributed by atoms with Gasteiger partial charge in [-0.25, -0.2) is 0 Å². The Balaban J connectivity index is 2.18. The van der Waals surface area contributed by atoms with Crippen molar-refractivity contribution >= 4 is 22.9 Å². The average Bonchev–Trinajstić information content (AvgIpc) is 2.39. The molecule has 0 amide bonds. The van der Waals surface area contributed by atoms with Crippen LogP contribution in [0.2, 0.25) is 0 Å². The first kappa shape index (κ1) is 16.2. The molecule has 21 heavy (non-hydrogen) atoms. The number of thiocarbonyl (C=S) groups is 1. The maximum absolute atomic E-state index is 5.91. The Bertz CT molecular complexity index is 521. The van der Waals surface area contributed by atoms with Gasteiger partial charge in [0, 0.05) is 25.0 Å². The number of hydrogen-bond donors (Lipinski definition) is 1. The lowest BCUT2D eigenvalue weighted by Gasteiger charge is -2.33. The SMILES string of the molecule is Cc1cc(N(C)CC2CCN(C)CC2)c(C(N)=S)c(C)n1. The van der Waals surface area contributed by atoms with E-state index in [1.165, 1.54) is 25.9 Å². The molecule has 1 aliphatic heterocycles. The van der Waals surface area contributed by atoms with Crippen LogP contribution in [0.1, 0.15) is 29.8 Å². The van der Waals surface area contributed by atoms with Gasteiger partial charge in [-0.15, -0.1) is 0 Å². The molecule has 1 aliphatic rings. The zero-order chi connectivity index (χ0) is 15.6. The summed E-state index contributed by atoms with van der Waals surface area (Å²) in [5.41, 5.74) is 9.89. The predicted molar refractivity (Wildman–Crippen MR) is 93.1 cm³/mol. The van der Waals surface area contributed by atoms with Crippen LogP contribution in [0.25, 0.3) is 0 Å². The van der Waals surface area contributed by atoms with Gasteiger partial charge in [-0.05, 0) is 58.8 Å². The molecule has 5 heteroatoms. The molecular weight excluding hydrogens is 280 g/mol. The lowest BCUT2D eigenvalue weighted by Crippen LogP contribution is -2.36. The van der Waals surface area contributed by atoms with Crippen LogP contribution in [-0.2, 0) is 0 Å². The highest BCUT2D eigenvalue weighted by Crippen LogP contribution is 2.26. The van der Waals surface area contributed by atoms with E-state index in [1.807, 2.05) is 13.8 Å². The van der Waals surface area contributed by atoms with Gasteiger partial charge < -0.3 is 15.5 Å². The molecule has 1 aromatic rings. The third kappa shape index (κ3) is 3.92. The smallest absolute Gasteiger partial charge is 0.107 e. The third-order valence-corrected chi connectivity index (χ3v) is 4.54. The lowest BCUT2D eigenvalue weighted by atomic mass is 9.96. The highest BCUT2D eigenvalue weighted by atomic mass is 32.1. The summed E-state index contributed by atoms with van der Waals surface area (Å²) < 4.78 is 0. The van der Waals surface area contributed by atoms with E-state index in [2.05, 4.69) is 34.9 Å². The number of hydrogen-bond acceptors (Lipinski definition) is 4. The molecule has 1 fully saturated rings. The first-order valence-corrected chi connectivity index (χ1v) is 7.97. The van der Waals surface area contributed by atoms with Gasteiger partial charge >= 0.3 is 0 Å². The summed E-state index contributed by atoms with van der Waals surface area (Å²) in [4.78, 5) is 9.63. The maximum Gasteiger partial charge on any atom is 0.107 e. The number of aryl methyl sites for hydroxylation is 2. The fourth-order valence-electron chi connectivity index (χ4n) is 3.14. The Kier molecular flexibility index (Phi) is 5.17. The minimum atomic E-state index is 0.435. The molecule has 4 nitrogen and oxygen atoms in total. The average molecular weight is 306 g/mol. The van der Waals surface area contributed by atoms with Gasteiger partial charge in [-0.3, -0.25) is 4.98 Å². The molecule has 2 rings (SSSR count). The molecular formula is C16H26N4S. The summed E-state index contributed by atoms with van der Waals surface area (Å²) >= 11 is 5.22. The van der Waals surface area contributed by atoms with Gasteiger partial charge in [0.15, 0.2) is 0 Å². The number of likely N-dealkylation sites (tertiary alicyclic amines) is 1. The minimum absolute atomic E-state index is 0.435. The normalized spacial score (nSPS) is 17.0. The van der Waals surface area contributed by atoms with Crippen LogP contribution >= 0.6 is 12.2 Å². The van der Waals surface area contributed by atoms with E-state index in [-0.39, 0.29) is 0 Å². The number of nitrogens with zero attached hydrogens (tertiary/aromatic N) is 3. The second-order valence-electron chi connectivity index (χ2n) is 6.23. The molecule has 0 atom stereocenters. The second kappa shape index (κ2) is 6.71. The summed E-state index contributed by atoms with van der Waals surface area (Å²) in [5.74, 6) is 0.735. The van der Waals surface area contributed by atoms with Crippen molar-refractivity contribution in [3.8, 4) is 0 Å². The van der Waals surface area contributed by atoms with E-state index in [0.29, 0.717) is 4.99 Å². The number of rotatable bonds is 4. The number of piperidine rings is 1. The van der Waals surface area contributed by atoms with Gasteiger partial charge in [0.2, 0.25) is 0 Å². The Labute approximate surface area is 133 Å². The van der Waals surface area contributed by atoms with Crippen molar-refractivity contribution in [1.29, 1.82) is 0 Å². The summed E-state index contributed by atoms with van der Waals surface area (Å²) in [6, 6.07) is 2.09.